The van der Waals surface area contributed by atoms with Gasteiger partial charge in [-0.25, -0.2) is 0 Å². The zero-order chi connectivity index (χ0) is 16.6. The molecule has 0 nitrogen and oxygen atoms in total. The second-order valence-electron chi connectivity index (χ2n) is 6.84. The fourth-order valence-corrected chi connectivity index (χ4v) is 4.41. The molecule has 0 bridgehead atoms. The topological polar surface area (TPSA) is 0 Å². The number of rotatable bonds is 2. The van der Waals surface area contributed by atoms with Gasteiger partial charge in [0.25, 0.3) is 0 Å². The van der Waals surface area contributed by atoms with Crippen molar-refractivity contribution in [1.29, 1.82) is 0 Å². The zero-order valence-electron chi connectivity index (χ0n) is 14.2. The van der Waals surface area contributed by atoms with Crippen LogP contribution in [0.15, 0.2) is 84.9 Å². The smallest absolute Gasteiger partial charge is 0.00701 e. The zero-order valence-corrected chi connectivity index (χ0v) is 14.2. The average Bonchev–Trinajstić information content (AvgIpc) is 3.16. The van der Waals surface area contributed by atoms with Gasteiger partial charge >= 0.3 is 0 Å². The molecule has 0 spiro atoms. The van der Waals surface area contributed by atoms with Crippen molar-refractivity contribution < 1.29 is 0 Å². The van der Waals surface area contributed by atoms with E-state index in [1.54, 1.807) is 11.1 Å². The first-order valence-electron chi connectivity index (χ1n) is 9.11. The number of benzene rings is 4. The molecule has 120 valence electrons. The Balaban J connectivity index is 1.93. The van der Waals surface area contributed by atoms with Crippen molar-refractivity contribution in [2.24, 2.45) is 0 Å². The van der Waals surface area contributed by atoms with E-state index in [0.717, 1.165) is 0 Å². The molecule has 4 aromatic rings. The molecule has 0 heterocycles. The third kappa shape index (κ3) is 2.29. The van der Waals surface area contributed by atoms with Crippen LogP contribution in [0.5, 0.6) is 0 Å². The van der Waals surface area contributed by atoms with E-state index in [9.17, 15) is 0 Å². The third-order valence-corrected chi connectivity index (χ3v) is 5.41. The predicted octanol–water partition coefficient (Wildman–Crippen LogP) is 6.66. The second-order valence-corrected chi connectivity index (χ2v) is 6.84. The van der Waals surface area contributed by atoms with Gasteiger partial charge in [0, 0.05) is 0 Å². The molecule has 0 fully saturated rings. The van der Waals surface area contributed by atoms with Gasteiger partial charge in [-0.15, -0.1) is 0 Å². The summed E-state index contributed by atoms with van der Waals surface area (Å²) >= 11 is 0. The van der Waals surface area contributed by atoms with Gasteiger partial charge in [0.2, 0.25) is 0 Å². The molecule has 0 amide bonds. The van der Waals surface area contributed by atoms with Crippen molar-refractivity contribution >= 4 is 10.8 Å². The Bertz CT molecular complexity index is 958. The van der Waals surface area contributed by atoms with Crippen LogP contribution in [0.25, 0.3) is 33.0 Å². The van der Waals surface area contributed by atoms with E-state index in [-0.39, 0.29) is 0 Å². The third-order valence-electron chi connectivity index (χ3n) is 5.41. The number of fused-ring (bicyclic) bond motifs is 2. The molecule has 0 unspecified atom stereocenters. The molecular formula is C25H20. The SMILES string of the molecule is c1ccc(-c2c3c(c(-c4ccccc4)c4ccccc24)CCC3)cc1. The highest BCUT2D eigenvalue weighted by Crippen LogP contribution is 2.45. The Morgan fingerprint density at radius 1 is 0.440 bits per heavy atom. The maximum Gasteiger partial charge on any atom is -0.00701 e. The summed E-state index contributed by atoms with van der Waals surface area (Å²) in [5.74, 6) is 0. The molecule has 0 saturated heterocycles. The van der Waals surface area contributed by atoms with Crippen LogP contribution in [-0.4, -0.2) is 0 Å². The summed E-state index contributed by atoms with van der Waals surface area (Å²) in [6.07, 6.45) is 3.62. The lowest BCUT2D eigenvalue weighted by Gasteiger charge is -2.19. The number of hydrogen-bond donors (Lipinski definition) is 0. The van der Waals surface area contributed by atoms with E-state index in [4.69, 9.17) is 0 Å². The maximum atomic E-state index is 2.29. The van der Waals surface area contributed by atoms with Gasteiger partial charge in [-0.2, -0.15) is 0 Å². The van der Waals surface area contributed by atoms with Crippen LogP contribution in [-0.2, 0) is 12.8 Å². The molecule has 0 aromatic heterocycles. The van der Waals surface area contributed by atoms with E-state index in [2.05, 4.69) is 84.9 Å². The van der Waals surface area contributed by atoms with Gasteiger partial charge in [0.05, 0.1) is 0 Å². The summed E-state index contributed by atoms with van der Waals surface area (Å²) in [4.78, 5) is 0. The van der Waals surface area contributed by atoms with E-state index in [1.165, 1.54) is 52.3 Å². The molecule has 25 heavy (non-hydrogen) atoms. The first kappa shape index (κ1) is 14.5. The summed E-state index contributed by atoms with van der Waals surface area (Å²) in [5.41, 5.74) is 8.70. The Hall–Kier alpha value is -2.86. The molecule has 4 aromatic carbocycles. The first-order chi connectivity index (χ1) is 12.4. The van der Waals surface area contributed by atoms with Crippen LogP contribution in [0.2, 0.25) is 0 Å². The minimum absolute atomic E-state index is 1.18. The van der Waals surface area contributed by atoms with E-state index >= 15 is 0 Å². The van der Waals surface area contributed by atoms with Gasteiger partial charge < -0.3 is 0 Å². The molecule has 1 aliphatic carbocycles. The summed E-state index contributed by atoms with van der Waals surface area (Å²) < 4.78 is 0. The molecule has 1 aliphatic rings. The van der Waals surface area contributed by atoms with E-state index in [1.807, 2.05) is 0 Å². The van der Waals surface area contributed by atoms with Crippen LogP contribution >= 0.6 is 0 Å². The lowest BCUT2D eigenvalue weighted by Crippen LogP contribution is -1.96. The predicted molar refractivity (Wildman–Crippen MR) is 107 cm³/mol. The van der Waals surface area contributed by atoms with Crippen molar-refractivity contribution in [3.63, 3.8) is 0 Å². The highest BCUT2D eigenvalue weighted by molar-refractivity contribution is 6.08. The Morgan fingerprint density at radius 2 is 0.840 bits per heavy atom. The summed E-state index contributed by atoms with van der Waals surface area (Å²) in [6, 6.07) is 30.7. The highest BCUT2D eigenvalue weighted by atomic mass is 14.3. The van der Waals surface area contributed by atoms with Crippen LogP contribution < -0.4 is 0 Å². The lowest BCUT2D eigenvalue weighted by molar-refractivity contribution is 0.913. The highest BCUT2D eigenvalue weighted by Gasteiger charge is 2.24. The van der Waals surface area contributed by atoms with Crippen LogP contribution in [0, 0.1) is 0 Å². The Morgan fingerprint density at radius 3 is 1.28 bits per heavy atom. The van der Waals surface area contributed by atoms with Crippen molar-refractivity contribution in [1.82, 2.24) is 0 Å². The largest absolute Gasteiger partial charge is 0.0622 e. The molecular weight excluding hydrogens is 300 g/mol. The first-order valence-corrected chi connectivity index (χ1v) is 9.11. The minimum Gasteiger partial charge on any atom is -0.0622 e. The monoisotopic (exact) mass is 320 g/mol. The van der Waals surface area contributed by atoms with E-state index in [0.29, 0.717) is 0 Å². The summed E-state index contributed by atoms with van der Waals surface area (Å²) in [5, 5.41) is 2.77. The normalized spacial score (nSPS) is 13.1. The standard InChI is InChI=1S/C25H20/c1-3-10-18(11-4-1)24-20-14-7-8-15-21(20)25(19-12-5-2-6-13-19)23-17-9-16-22(23)24/h1-8,10-15H,9,16-17H2. The van der Waals surface area contributed by atoms with Crippen molar-refractivity contribution in [3.8, 4) is 22.3 Å². The molecule has 0 saturated carbocycles. The Labute approximate surface area is 148 Å². The maximum absolute atomic E-state index is 2.29. The minimum atomic E-state index is 1.18. The molecule has 0 aliphatic heterocycles. The fraction of sp³-hybridized carbons (Fsp3) is 0.120. The summed E-state index contributed by atoms with van der Waals surface area (Å²) in [6.45, 7) is 0. The van der Waals surface area contributed by atoms with Gasteiger partial charge in [-0.3, -0.25) is 0 Å². The second kappa shape index (κ2) is 5.89. The van der Waals surface area contributed by atoms with Crippen LogP contribution in [0.4, 0.5) is 0 Å². The van der Waals surface area contributed by atoms with Gasteiger partial charge in [0.1, 0.15) is 0 Å². The van der Waals surface area contributed by atoms with Gasteiger partial charge in [0.15, 0.2) is 0 Å². The lowest BCUT2D eigenvalue weighted by atomic mass is 9.85. The molecule has 5 rings (SSSR count). The van der Waals surface area contributed by atoms with Gasteiger partial charge in [-0.1, -0.05) is 84.9 Å². The van der Waals surface area contributed by atoms with Crippen LogP contribution in [0.3, 0.4) is 0 Å². The van der Waals surface area contributed by atoms with Crippen molar-refractivity contribution in [3.05, 3.63) is 96.1 Å². The Kier molecular flexibility index (Phi) is 3.41. The van der Waals surface area contributed by atoms with E-state index < -0.39 is 0 Å². The van der Waals surface area contributed by atoms with Crippen molar-refractivity contribution in [2.75, 3.05) is 0 Å². The molecule has 0 radical (unpaired) electrons. The molecule has 0 heteroatoms. The molecule has 0 atom stereocenters. The van der Waals surface area contributed by atoms with Crippen LogP contribution in [0.1, 0.15) is 17.5 Å². The fourth-order valence-electron chi connectivity index (χ4n) is 4.41. The van der Waals surface area contributed by atoms with Gasteiger partial charge in [-0.05, 0) is 63.4 Å². The number of hydrogen-bond acceptors (Lipinski definition) is 0. The molecule has 0 N–H and O–H groups in total. The average molecular weight is 320 g/mol. The summed E-state index contributed by atoms with van der Waals surface area (Å²) in [7, 11) is 0. The van der Waals surface area contributed by atoms with Crippen molar-refractivity contribution in [2.45, 2.75) is 19.3 Å². The quantitative estimate of drug-likeness (QED) is 0.387.